The molecule has 0 saturated heterocycles. The van der Waals surface area contributed by atoms with Crippen LogP contribution in [0.15, 0.2) is 58.2 Å². The number of sulfonamides is 1. The predicted molar refractivity (Wildman–Crippen MR) is 112 cm³/mol. The predicted octanol–water partition coefficient (Wildman–Crippen LogP) is 2.97. The monoisotopic (exact) mass is 426 g/mol. The van der Waals surface area contributed by atoms with Crippen molar-refractivity contribution < 1.29 is 17.7 Å². The second-order valence-corrected chi connectivity index (χ2v) is 8.84. The number of rotatable bonds is 6. The average molecular weight is 426 g/mol. The largest absolute Gasteiger partial charge is 0.355 e. The molecule has 1 amide bonds. The van der Waals surface area contributed by atoms with Gasteiger partial charge in [-0.05, 0) is 42.3 Å². The number of nitrogens with zero attached hydrogens (tertiary/aromatic N) is 4. The van der Waals surface area contributed by atoms with E-state index in [0.29, 0.717) is 37.5 Å². The van der Waals surface area contributed by atoms with E-state index in [1.54, 1.807) is 53.7 Å². The van der Waals surface area contributed by atoms with Gasteiger partial charge in [0.15, 0.2) is 11.5 Å². The number of carbonyl (C=O) groups is 1. The maximum absolute atomic E-state index is 13.0. The molecule has 3 aromatic rings. The van der Waals surface area contributed by atoms with E-state index in [-0.39, 0.29) is 16.5 Å². The van der Waals surface area contributed by atoms with Crippen molar-refractivity contribution in [2.24, 2.45) is 0 Å². The van der Waals surface area contributed by atoms with Crippen molar-refractivity contribution >= 4 is 21.6 Å². The lowest BCUT2D eigenvalue weighted by molar-refractivity contribution is 0.0980. The van der Waals surface area contributed by atoms with Crippen LogP contribution in [0.3, 0.4) is 0 Å². The van der Waals surface area contributed by atoms with Crippen LogP contribution in [0.5, 0.6) is 0 Å². The molecule has 0 saturated carbocycles. The Morgan fingerprint density at radius 2 is 1.87 bits per heavy atom. The maximum Gasteiger partial charge on any atom is 0.280 e. The summed E-state index contributed by atoms with van der Waals surface area (Å²) < 4.78 is 32.3. The summed E-state index contributed by atoms with van der Waals surface area (Å²) in [4.78, 5) is 18.8. The second kappa shape index (κ2) is 8.00. The van der Waals surface area contributed by atoms with Crippen LogP contribution < -0.4 is 4.90 Å². The maximum atomic E-state index is 13.0. The Bertz CT molecular complexity index is 1170. The number of carbonyl (C=O) groups excluding carboxylic acids is 1. The number of fused-ring (bicyclic) bond motifs is 1. The van der Waals surface area contributed by atoms with Crippen molar-refractivity contribution in [2.75, 3.05) is 24.5 Å². The van der Waals surface area contributed by atoms with Crippen LogP contribution in [0.25, 0.3) is 11.3 Å². The second-order valence-electron chi connectivity index (χ2n) is 6.90. The molecule has 8 nitrogen and oxygen atoms in total. The summed E-state index contributed by atoms with van der Waals surface area (Å²) in [5.41, 5.74) is 2.51. The van der Waals surface area contributed by atoms with E-state index in [1.165, 1.54) is 4.31 Å². The summed E-state index contributed by atoms with van der Waals surface area (Å²) in [6.45, 7) is 4.90. The molecule has 30 heavy (non-hydrogen) atoms. The zero-order valence-electron chi connectivity index (χ0n) is 16.8. The van der Waals surface area contributed by atoms with Crippen molar-refractivity contribution in [3.63, 3.8) is 0 Å². The molecule has 1 aliphatic heterocycles. The number of hydrogen-bond donors (Lipinski definition) is 0. The highest BCUT2D eigenvalue weighted by molar-refractivity contribution is 7.89. The van der Waals surface area contributed by atoms with E-state index in [4.69, 9.17) is 4.52 Å². The first kappa shape index (κ1) is 20.2. The minimum atomic E-state index is -3.54. The van der Waals surface area contributed by atoms with E-state index < -0.39 is 10.0 Å². The zero-order valence-corrected chi connectivity index (χ0v) is 17.6. The smallest absolute Gasteiger partial charge is 0.280 e. The van der Waals surface area contributed by atoms with Gasteiger partial charge in [0, 0.05) is 49.3 Å². The highest BCUT2D eigenvalue weighted by Crippen LogP contribution is 2.32. The molecule has 156 valence electrons. The third-order valence-electron chi connectivity index (χ3n) is 5.23. The fraction of sp³-hybridized carbons (Fsp3) is 0.286. The summed E-state index contributed by atoms with van der Waals surface area (Å²) in [6, 6.07) is 10.1. The molecule has 0 aliphatic carbocycles. The Balaban J connectivity index is 1.60. The molecule has 0 bridgehead atoms. The molecule has 4 rings (SSSR count). The minimum absolute atomic E-state index is 0.203. The molecule has 1 aromatic carbocycles. The lowest BCUT2D eigenvalue weighted by atomic mass is 10.2. The van der Waals surface area contributed by atoms with Crippen LogP contribution in [0.4, 0.5) is 5.69 Å². The van der Waals surface area contributed by atoms with Gasteiger partial charge in [-0.1, -0.05) is 19.0 Å². The van der Waals surface area contributed by atoms with Crippen LogP contribution >= 0.6 is 0 Å². The molecule has 3 heterocycles. The summed E-state index contributed by atoms with van der Waals surface area (Å²) in [5.74, 6) is 0.206. The number of pyridine rings is 1. The van der Waals surface area contributed by atoms with Crippen LogP contribution in [0.2, 0.25) is 0 Å². The topological polar surface area (TPSA) is 96.6 Å². The van der Waals surface area contributed by atoms with Crippen molar-refractivity contribution in [3.05, 3.63) is 60.0 Å². The summed E-state index contributed by atoms with van der Waals surface area (Å²) in [7, 11) is -3.54. The van der Waals surface area contributed by atoms with Gasteiger partial charge in [0.25, 0.3) is 5.91 Å². The molecule has 9 heteroatoms. The van der Waals surface area contributed by atoms with Gasteiger partial charge < -0.3 is 9.42 Å². The van der Waals surface area contributed by atoms with Gasteiger partial charge in [0.1, 0.15) is 0 Å². The Hall–Kier alpha value is -3.04. The van der Waals surface area contributed by atoms with Gasteiger partial charge >= 0.3 is 0 Å². The quantitative estimate of drug-likeness (QED) is 0.601. The van der Waals surface area contributed by atoms with Gasteiger partial charge in [-0.25, -0.2) is 8.42 Å². The van der Waals surface area contributed by atoms with Crippen LogP contribution in [0.1, 0.15) is 29.9 Å². The van der Waals surface area contributed by atoms with Crippen molar-refractivity contribution in [1.29, 1.82) is 0 Å². The number of anilines is 1. The van der Waals surface area contributed by atoms with E-state index in [0.717, 1.165) is 11.1 Å². The zero-order chi connectivity index (χ0) is 21.3. The van der Waals surface area contributed by atoms with Crippen LogP contribution in [-0.2, 0) is 16.4 Å². The first-order valence-electron chi connectivity index (χ1n) is 9.77. The molecule has 0 atom stereocenters. The van der Waals surface area contributed by atoms with Crippen molar-refractivity contribution in [2.45, 2.75) is 25.2 Å². The molecule has 0 unspecified atom stereocenters. The Kier molecular flexibility index (Phi) is 5.40. The summed E-state index contributed by atoms with van der Waals surface area (Å²) in [5, 5.41) is 3.92. The first-order valence-corrected chi connectivity index (χ1v) is 11.2. The molecule has 0 radical (unpaired) electrons. The number of aromatic nitrogens is 2. The summed E-state index contributed by atoms with van der Waals surface area (Å²) in [6.07, 6.45) is 3.86. The van der Waals surface area contributed by atoms with Crippen molar-refractivity contribution in [3.8, 4) is 11.3 Å². The normalized spacial score (nSPS) is 13.6. The van der Waals surface area contributed by atoms with Crippen molar-refractivity contribution in [1.82, 2.24) is 14.4 Å². The Morgan fingerprint density at radius 1 is 1.13 bits per heavy atom. The highest BCUT2D eigenvalue weighted by atomic mass is 32.2. The van der Waals surface area contributed by atoms with Gasteiger partial charge in [0.2, 0.25) is 10.0 Å². The number of benzene rings is 1. The minimum Gasteiger partial charge on any atom is -0.355 e. The van der Waals surface area contributed by atoms with E-state index in [9.17, 15) is 13.2 Å². The van der Waals surface area contributed by atoms with E-state index in [2.05, 4.69) is 10.1 Å². The van der Waals surface area contributed by atoms with E-state index in [1.807, 2.05) is 13.8 Å². The molecule has 0 N–H and O–H groups in total. The fourth-order valence-corrected chi connectivity index (χ4v) is 5.14. The molecule has 0 fully saturated rings. The fourth-order valence-electron chi connectivity index (χ4n) is 3.63. The summed E-state index contributed by atoms with van der Waals surface area (Å²) >= 11 is 0. The third kappa shape index (κ3) is 3.50. The lowest BCUT2D eigenvalue weighted by Crippen LogP contribution is -2.31. The highest BCUT2D eigenvalue weighted by Gasteiger charge is 2.30. The molecule has 0 spiro atoms. The SMILES string of the molecule is CCN(CC)S(=O)(=O)c1ccc2c(c1)CCN2C(=O)c1cc(-c2ccncc2)on1. The lowest BCUT2D eigenvalue weighted by Gasteiger charge is -2.20. The standard InChI is InChI=1S/C21H22N4O4S/c1-3-24(4-2)30(27,28)17-5-6-19-16(13-17)9-12-25(19)21(26)18-14-20(29-23-18)15-7-10-22-11-8-15/h5-8,10-11,13-14H,3-4,9,12H2,1-2H3. The molecular formula is C21H22N4O4S. The molecule has 1 aliphatic rings. The first-order chi connectivity index (χ1) is 14.5. The number of amides is 1. The van der Waals surface area contributed by atoms with Gasteiger partial charge in [0.05, 0.1) is 4.90 Å². The Labute approximate surface area is 175 Å². The van der Waals surface area contributed by atoms with Gasteiger partial charge in [-0.15, -0.1) is 0 Å². The number of hydrogen-bond acceptors (Lipinski definition) is 6. The average Bonchev–Trinajstić information content (AvgIpc) is 3.42. The molecular weight excluding hydrogens is 404 g/mol. The molecule has 2 aromatic heterocycles. The van der Waals surface area contributed by atoms with Crippen LogP contribution in [0, 0.1) is 0 Å². The van der Waals surface area contributed by atoms with Crippen LogP contribution in [-0.4, -0.2) is 48.4 Å². The van der Waals surface area contributed by atoms with Gasteiger partial charge in [-0.3, -0.25) is 9.78 Å². The Morgan fingerprint density at radius 3 is 2.57 bits per heavy atom. The third-order valence-corrected chi connectivity index (χ3v) is 7.27. The van der Waals surface area contributed by atoms with E-state index >= 15 is 0 Å². The van der Waals surface area contributed by atoms with Gasteiger partial charge in [-0.2, -0.15) is 4.31 Å².